The molecular formula is C26H36ClF2N3O4. The Morgan fingerprint density at radius 3 is 2.36 bits per heavy atom. The van der Waals surface area contributed by atoms with E-state index in [1.54, 1.807) is 26.2 Å². The number of ether oxygens (including phenoxy) is 1. The molecule has 1 aliphatic rings. The van der Waals surface area contributed by atoms with Crippen LogP contribution in [0.4, 0.5) is 20.3 Å². The Morgan fingerprint density at radius 2 is 1.83 bits per heavy atom. The van der Waals surface area contributed by atoms with E-state index in [-0.39, 0.29) is 29.5 Å². The molecule has 0 heterocycles. The first-order valence-electron chi connectivity index (χ1n) is 11.8. The van der Waals surface area contributed by atoms with Gasteiger partial charge in [0, 0.05) is 10.6 Å². The van der Waals surface area contributed by atoms with E-state index in [0.717, 1.165) is 17.5 Å². The van der Waals surface area contributed by atoms with Gasteiger partial charge < -0.3 is 20.5 Å². The summed E-state index contributed by atoms with van der Waals surface area (Å²) in [5, 5.41) is 12.6. The lowest BCUT2D eigenvalue weighted by atomic mass is 9.89. The van der Waals surface area contributed by atoms with Gasteiger partial charge in [-0.1, -0.05) is 39.8 Å². The SMILES string of the molecule is CNCC1CCCCC1.COc1cc(C(C)Nc2ccc(C=O)cc2N(F)F)c(Cl)cc1C.O=CO. The lowest BCUT2D eigenvalue weighted by Crippen LogP contribution is -2.20. The zero-order valence-corrected chi connectivity index (χ0v) is 21.9. The minimum atomic E-state index is -1.03. The average Bonchev–Trinajstić information content (AvgIpc) is 2.86. The summed E-state index contributed by atoms with van der Waals surface area (Å²) >= 11 is 6.27. The normalized spacial score (nSPS) is 13.8. The molecule has 0 aliphatic heterocycles. The molecule has 10 heteroatoms. The lowest BCUT2D eigenvalue weighted by Gasteiger charge is -2.21. The van der Waals surface area contributed by atoms with Crippen molar-refractivity contribution >= 4 is 35.7 Å². The monoisotopic (exact) mass is 527 g/mol. The number of carboxylic acid groups (broad SMARTS) is 1. The van der Waals surface area contributed by atoms with Crippen molar-refractivity contribution in [3.8, 4) is 5.75 Å². The Bertz CT molecular complexity index is 954. The molecule has 1 atom stereocenters. The summed E-state index contributed by atoms with van der Waals surface area (Å²) in [6, 6.07) is 7.19. The van der Waals surface area contributed by atoms with Crippen molar-refractivity contribution < 1.29 is 28.4 Å². The van der Waals surface area contributed by atoms with Crippen molar-refractivity contribution in [2.75, 3.05) is 31.4 Å². The second-order valence-corrected chi connectivity index (χ2v) is 8.91. The van der Waals surface area contributed by atoms with Gasteiger partial charge >= 0.3 is 0 Å². The van der Waals surface area contributed by atoms with E-state index in [1.165, 1.54) is 50.8 Å². The maximum Gasteiger partial charge on any atom is 0.290 e. The molecule has 200 valence electrons. The Kier molecular flexibility index (Phi) is 14.4. The average molecular weight is 528 g/mol. The third-order valence-electron chi connectivity index (χ3n) is 5.91. The Morgan fingerprint density at radius 1 is 1.19 bits per heavy atom. The number of halogens is 3. The predicted molar refractivity (Wildman–Crippen MR) is 140 cm³/mol. The quantitative estimate of drug-likeness (QED) is 0.260. The van der Waals surface area contributed by atoms with E-state index in [0.29, 0.717) is 22.6 Å². The van der Waals surface area contributed by atoms with Crippen LogP contribution in [-0.4, -0.2) is 38.6 Å². The molecule has 3 rings (SSSR count). The number of anilines is 2. The highest BCUT2D eigenvalue weighted by atomic mass is 35.5. The number of methoxy groups -OCH3 is 1. The number of aryl methyl sites for hydroxylation is 1. The topological polar surface area (TPSA) is 90.9 Å². The summed E-state index contributed by atoms with van der Waals surface area (Å²) in [7, 11) is 3.60. The van der Waals surface area contributed by atoms with E-state index in [1.807, 2.05) is 6.92 Å². The molecule has 0 aromatic heterocycles. The molecule has 1 unspecified atom stereocenters. The second-order valence-electron chi connectivity index (χ2n) is 8.50. The summed E-state index contributed by atoms with van der Waals surface area (Å²) in [6.07, 6.45) is 7.84. The fraction of sp³-hybridized carbons (Fsp3) is 0.462. The van der Waals surface area contributed by atoms with Gasteiger partial charge in [0.2, 0.25) is 0 Å². The van der Waals surface area contributed by atoms with Gasteiger partial charge in [-0.05, 0) is 93.0 Å². The van der Waals surface area contributed by atoms with E-state index < -0.39 is 5.34 Å². The van der Waals surface area contributed by atoms with Crippen LogP contribution in [0.2, 0.25) is 5.02 Å². The summed E-state index contributed by atoms with van der Waals surface area (Å²) in [5.41, 5.74) is 1.57. The van der Waals surface area contributed by atoms with Crippen LogP contribution in [0, 0.1) is 12.8 Å². The van der Waals surface area contributed by atoms with Gasteiger partial charge in [-0.15, -0.1) is 0 Å². The summed E-state index contributed by atoms with van der Waals surface area (Å²) in [6.45, 7) is 4.65. The van der Waals surface area contributed by atoms with Gasteiger partial charge in [-0.3, -0.25) is 9.59 Å². The summed E-state index contributed by atoms with van der Waals surface area (Å²) in [5.74, 6) is 1.65. The molecule has 3 N–H and O–H groups in total. The van der Waals surface area contributed by atoms with Gasteiger partial charge in [0.25, 0.3) is 6.47 Å². The molecule has 36 heavy (non-hydrogen) atoms. The van der Waals surface area contributed by atoms with Crippen molar-refractivity contribution in [2.24, 2.45) is 5.92 Å². The number of rotatable bonds is 8. The molecule has 0 saturated heterocycles. The minimum absolute atomic E-state index is 0.165. The first-order chi connectivity index (χ1) is 17.2. The fourth-order valence-electron chi connectivity index (χ4n) is 4.10. The Hall–Kier alpha value is -2.91. The van der Waals surface area contributed by atoms with E-state index in [4.69, 9.17) is 26.2 Å². The van der Waals surface area contributed by atoms with Crippen molar-refractivity contribution in [3.05, 3.63) is 52.0 Å². The maximum absolute atomic E-state index is 13.1. The van der Waals surface area contributed by atoms with Crippen LogP contribution in [0.3, 0.4) is 0 Å². The number of benzene rings is 2. The van der Waals surface area contributed by atoms with Gasteiger partial charge in [0.15, 0.2) is 0 Å². The number of hydrogen-bond donors (Lipinski definition) is 3. The number of hydrogen-bond acceptors (Lipinski definition) is 6. The molecule has 2 aromatic carbocycles. The fourth-order valence-corrected chi connectivity index (χ4v) is 4.48. The van der Waals surface area contributed by atoms with E-state index in [9.17, 15) is 13.8 Å². The second kappa shape index (κ2) is 16.7. The van der Waals surface area contributed by atoms with E-state index in [2.05, 4.69) is 17.7 Å². The third kappa shape index (κ3) is 9.99. The summed E-state index contributed by atoms with van der Waals surface area (Å²) in [4.78, 5) is 19.1. The van der Waals surface area contributed by atoms with Crippen molar-refractivity contribution in [3.63, 3.8) is 0 Å². The number of carbonyl (C=O) groups excluding carboxylic acids is 1. The number of aldehydes is 1. The van der Waals surface area contributed by atoms with Gasteiger partial charge in [0.1, 0.15) is 17.7 Å². The first-order valence-corrected chi connectivity index (χ1v) is 12.1. The van der Waals surface area contributed by atoms with Crippen LogP contribution in [0.5, 0.6) is 5.75 Å². The molecular weight excluding hydrogens is 492 g/mol. The Balaban J connectivity index is 0.000000446. The van der Waals surface area contributed by atoms with Crippen LogP contribution < -0.4 is 20.7 Å². The number of carbonyl (C=O) groups is 2. The lowest BCUT2D eigenvalue weighted by molar-refractivity contribution is -0.122. The van der Waals surface area contributed by atoms with Crippen LogP contribution >= 0.6 is 11.6 Å². The van der Waals surface area contributed by atoms with Gasteiger partial charge in [-0.2, -0.15) is 0 Å². The molecule has 7 nitrogen and oxygen atoms in total. The highest BCUT2D eigenvalue weighted by Crippen LogP contribution is 2.35. The van der Waals surface area contributed by atoms with Crippen molar-refractivity contribution in [1.29, 1.82) is 0 Å². The minimum Gasteiger partial charge on any atom is -0.496 e. The first kappa shape index (κ1) is 31.1. The molecule has 1 aliphatic carbocycles. The largest absolute Gasteiger partial charge is 0.496 e. The van der Waals surface area contributed by atoms with Gasteiger partial charge in [0.05, 0.1) is 18.8 Å². The highest BCUT2D eigenvalue weighted by molar-refractivity contribution is 6.31. The maximum atomic E-state index is 13.1. The zero-order valence-electron chi connectivity index (χ0n) is 21.2. The van der Waals surface area contributed by atoms with Crippen LogP contribution in [-0.2, 0) is 4.79 Å². The molecule has 0 bridgehead atoms. The Labute approximate surface area is 216 Å². The molecule has 2 aromatic rings. The molecule has 0 amide bonds. The highest BCUT2D eigenvalue weighted by Gasteiger charge is 2.17. The number of nitrogens with one attached hydrogen (secondary N) is 2. The number of nitrogens with zero attached hydrogens (tertiary/aromatic N) is 1. The van der Waals surface area contributed by atoms with Gasteiger partial charge in [-0.25, -0.2) is 0 Å². The predicted octanol–water partition coefficient (Wildman–Crippen LogP) is 6.70. The molecule has 1 saturated carbocycles. The van der Waals surface area contributed by atoms with Crippen LogP contribution in [0.15, 0.2) is 30.3 Å². The third-order valence-corrected chi connectivity index (χ3v) is 6.24. The molecule has 0 spiro atoms. The van der Waals surface area contributed by atoms with Crippen molar-refractivity contribution in [1.82, 2.24) is 5.32 Å². The standard InChI is InChI=1S/C17H17ClF2N2O2.C8H17N.CH2O2/c1-10-6-14(18)13(8-17(10)24-3)11(2)21-15-5-4-12(9-23)7-16(15)22(19)20;1-9-7-8-5-3-2-4-6-8;2-1-3/h4-9,11,21H,1-3H3;8-9H,2-7H2,1H3;1H,(H,2,3). The summed E-state index contributed by atoms with van der Waals surface area (Å²) < 4.78 is 31.4. The van der Waals surface area contributed by atoms with Crippen LogP contribution in [0.1, 0.15) is 66.6 Å². The van der Waals surface area contributed by atoms with Crippen molar-refractivity contribution in [2.45, 2.75) is 52.0 Å². The zero-order chi connectivity index (χ0) is 27.1. The van der Waals surface area contributed by atoms with Crippen LogP contribution in [0.25, 0.3) is 0 Å². The van der Waals surface area contributed by atoms with E-state index >= 15 is 0 Å². The molecule has 0 radical (unpaired) electrons. The smallest absolute Gasteiger partial charge is 0.290 e. The molecule has 1 fully saturated rings.